The van der Waals surface area contributed by atoms with E-state index >= 15 is 0 Å². The number of nitrogens with one attached hydrogen (secondary N) is 3. The monoisotopic (exact) mass is 469 g/mol. The summed E-state index contributed by atoms with van der Waals surface area (Å²) in [6.45, 7) is 0.958. The van der Waals surface area contributed by atoms with Crippen molar-refractivity contribution in [1.29, 1.82) is 0 Å². The van der Waals surface area contributed by atoms with Crippen LogP contribution in [0, 0.1) is 5.92 Å². The molecule has 2 aliphatic heterocycles. The first-order chi connectivity index (χ1) is 15.9. The van der Waals surface area contributed by atoms with E-state index in [0.717, 1.165) is 0 Å². The van der Waals surface area contributed by atoms with Gasteiger partial charge in [0.05, 0.1) is 24.1 Å². The van der Waals surface area contributed by atoms with E-state index in [4.69, 9.17) is 11.6 Å². The van der Waals surface area contributed by atoms with E-state index in [2.05, 4.69) is 16.2 Å². The highest BCUT2D eigenvalue weighted by molar-refractivity contribution is 6.30. The van der Waals surface area contributed by atoms with E-state index in [9.17, 15) is 19.2 Å². The van der Waals surface area contributed by atoms with Gasteiger partial charge >= 0.3 is 6.03 Å². The number of hydrogen-bond acceptors (Lipinski definition) is 5. The van der Waals surface area contributed by atoms with Crippen LogP contribution in [0.2, 0.25) is 5.02 Å². The number of anilines is 2. The molecule has 2 saturated heterocycles. The molecule has 2 heterocycles. The Morgan fingerprint density at radius 3 is 2.42 bits per heavy atom. The van der Waals surface area contributed by atoms with Crippen molar-refractivity contribution in [3.63, 3.8) is 0 Å². The predicted octanol–water partition coefficient (Wildman–Crippen LogP) is 2.54. The number of likely N-dealkylation sites (tertiary alicyclic amines) is 1. The van der Waals surface area contributed by atoms with Gasteiger partial charge in [-0.2, -0.15) is 0 Å². The molecule has 5 amide bonds. The Kier molecular flexibility index (Phi) is 6.90. The first-order valence-corrected chi connectivity index (χ1v) is 11.1. The van der Waals surface area contributed by atoms with Crippen LogP contribution in [-0.2, 0) is 14.4 Å². The number of halogens is 1. The molecule has 0 aliphatic carbocycles. The first kappa shape index (κ1) is 22.8. The van der Waals surface area contributed by atoms with Crippen molar-refractivity contribution in [2.45, 2.75) is 25.3 Å². The van der Waals surface area contributed by atoms with E-state index in [1.54, 1.807) is 48.5 Å². The van der Waals surface area contributed by atoms with Crippen LogP contribution in [0.1, 0.15) is 19.3 Å². The number of carbonyl (C=O) groups is 4. The van der Waals surface area contributed by atoms with E-state index in [0.29, 0.717) is 42.3 Å². The van der Waals surface area contributed by atoms with Gasteiger partial charge in [-0.1, -0.05) is 29.8 Å². The number of hydrazine groups is 1. The van der Waals surface area contributed by atoms with Crippen LogP contribution in [0.25, 0.3) is 0 Å². The number of nitrogens with zero attached hydrogens (tertiary/aromatic N) is 2. The Labute approximate surface area is 196 Å². The number of benzene rings is 2. The second kappa shape index (κ2) is 10.0. The van der Waals surface area contributed by atoms with Crippen LogP contribution in [0.15, 0.2) is 54.6 Å². The number of rotatable bonds is 4. The van der Waals surface area contributed by atoms with E-state index < -0.39 is 18.0 Å². The third-order valence-corrected chi connectivity index (χ3v) is 6.05. The largest absolute Gasteiger partial charge is 0.337 e. The molecule has 0 bridgehead atoms. The predicted molar refractivity (Wildman–Crippen MR) is 123 cm³/mol. The van der Waals surface area contributed by atoms with Crippen molar-refractivity contribution < 1.29 is 19.2 Å². The molecular weight excluding hydrogens is 446 g/mol. The molecule has 0 radical (unpaired) electrons. The highest BCUT2D eigenvalue weighted by Crippen LogP contribution is 2.28. The van der Waals surface area contributed by atoms with Gasteiger partial charge in [-0.25, -0.2) is 15.1 Å². The second-order valence-corrected chi connectivity index (χ2v) is 8.47. The Bertz CT molecular complexity index is 1050. The van der Waals surface area contributed by atoms with Crippen LogP contribution in [0.4, 0.5) is 16.2 Å². The molecule has 2 aromatic carbocycles. The minimum atomic E-state index is -0.589. The highest BCUT2D eigenvalue weighted by atomic mass is 35.5. The van der Waals surface area contributed by atoms with Crippen molar-refractivity contribution in [2.75, 3.05) is 23.3 Å². The van der Waals surface area contributed by atoms with Gasteiger partial charge in [0.1, 0.15) is 0 Å². The fourth-order valence-electron chi connectivity index (χ4n) is 4.17. The molecule has 0 saturated carbocycles. The van der Waals surface area contributed by atoms with Crippen LogP contribution >= 0.6 is 11.6 Å². The Balaban J connectivity index is 1.31. The number of imide groups is 1. The van der Waals surface area contributed by atoms with Crippen molar-refractivity contribution >= 4 is 46.7 Å². The number of piperidine rings is 1. The van der Waals surface area contributed by atoms with Crippen molar-refractivity contribution in [3.8, 4) is 0 Å². The summed E-state index contributed by atoms with van der Waals surface area (Å²) in [4.78, 5) is 53.3. The zero-order chi connectivity index (χ0) is 23.4. The summed E-state index contributed by atoms with van der Waals surface area (Å²) in [6.07, 6.45) is 1.42. The van der Waals surface area contributed by atoms with Gasteiger partial charge in [-0.05, 0) is 55.8 Å². The average molecular weight is 470 g/mol. The summed E-state index contributed by atoms with van der Waals surface area (Å²) >= 11 is 5.82. The molecule has 2 unspecified atom stereocenters. The van der Waals surface area contributed by atoms with Crippen molar-refractivity contribution in [1.82, 2.24) is 15.8 Å². The summed E-state index contributed by atoms with van der Waals surface area (Å²) in [6, 6.07) is 14.2. The van der Waals surface area contributed by atoms with Gasteiger partial charge in [0.15, 0.2) is 0 Å². The lowest BCUT2D eigenvalue weighted by Crippen LogP contribution is -2.52. The lowest BCUT2D eigenvalue weighted by atomic mass is 9.95. The molecule has 2 aromatic rings. The minimum absolute atomic E-state index is 0.0871. The zero-order valence-corrected chi connectivity index (χ0v) is 18.5. The molecule has 4 rings (SSSR count). The molecule has 172 valence electrons. The lowest BCUT2D eigenvalue weighted by Gasteiger charge is -2.34. The molecule has 3 N–H and O–H groups in total. The molecule has 0 aromatic heterocycles. The van der Waals surface area contributed by atoms with Crippen molar-refractivity contribution in [3.05, 3.63) is 59.6 Å². The zero-order valence-electron chi connectivity index (χ0n) is 17.8. The number of para-hydroxylation sites is 1. The maximum absolute atomic E-state index is 13.0. The summed E-state index contributed by atoms with van der Waals surface area (Å²) in [5.74, 6) is -1.28. The number of carbonyl (C=O) groups excluding carboxylic acids is 4. The van der Waals surface area contributed by atoms with Gasteiger partial charge in [-0.15, -0.1) is 0 Å². The number of urea groups is 1. The fourth-order valence-corrected chi connectivity index (χ4v) is 4.30. The van der Waals surface area contributed by atoms with Gasteiger partial charge in [-0.3, -0.25) is 24.7 Å². The van der Waals surface area contributed by atoms with Gasteiger partial charge in [0, 0.05) is 17.3 Å². The van der Waals surface area contributed by atoms with Crippen LogP contribution in [-0.4, -0.2) is 47.8 Å². The van der Waals surface area contributed by atoms with E-state index in [-0.39, 0.29) is 24.1 Å². The summed E-state index contributed by atoms with van der Waals surface area (Å²) in [5, 5.41) is 3.14. The topological polar surface area (TPSA) is 111 Å². The molecule has 33 heavy (non-hydrogen) atoms. The number of hydrogen-bond donors (Lipinski definition) is 3. The summed E-state index contributed by atoms with van der Waals surface area (Å²) in [5.41, 5.74) is 5.86. The van der Waals surface area contributed by atoms with Crippen LogP contribution < -0.4 is 21.1 Å². The Hall–Kier alpha value is -3.43. The molecule has 2 aliphatic rings. The molecule has 2 fully saturated rings. The minimum Gasteiger partial charge on any atom is -0.307 e. The third kappa shape index (κ3) is 5.32. The summed E-state index contributed by atoms with van der Waals surface area (Å²) < 4.78 is 0. The van der Waals surface area contributed by atoms with Crippen LogP contribution in [0.5, 0.6) is 0 Å². The Morgan fingerprint density at radius 2 is 1.70 bits per heavy atom. The van der Waals surface area contributed by atoms with E-state index in [1.165, 1.54) is 4.90 Å². The summed E-state index contributed by atoms with van der Waals surface area (Å²) in [7, 11) is 0. The van der Waals surface area contributed by atoms with E-state index in [1.807, 2.05) is 11.0 Å². The lowest BCUT2D eigenvalue weighted by molar-refractivity contribution is -0.130. The SMILES string of the molecule is O=C(NNC(=O)C1CCCN(C2CC(=O)N(c3ccccc3)C2=O)C1)Nc1ccc(Cl)cc1. The molecular formula is C23H24ClN5O4. The maximum Gasteiger partial charge on any atom is 0.337 e. The normalized spacial score (nSPS) is 21.1. The molecule has 2 atom stereocenters. The average Bonchev–Trinajstić information content (AvgIpc) is 3.13. The second-order valence-electron chi connectivity index (χ2n) is 8.03. The fraction of sp³-hybridized carbons (Fsp3) is 0.304. The van der Waals surface area contributed by atoms with Crippen LogP contribution in [0.3, 0.4) is 0 Å². The van der Waals surface area contributed by atoms with Crippen molar-refractivity contribution in [2.24, 2.45) is 5.92 Å². The highest BCUT2D eigenvalue weighted by Gasteiger charge is 2.44. The number of amides is 5. The van der Waals surface area contributed by atoms with Gasteiger partial charge in [0.2, 0.25) is 11.8 Å². The maximum atomic E-state index is 13.0. The molecule has 10 heteroatoms. The third-order valence-electron chi connectivity index (χ3n) is 5.80. The molecule has 0 spiro atoms. The smallest absolute Gasteiger partial charge is 0.307 e. The van der Waals surface area contributed by atoms with Gasteiger partial charge < -0.3 is 5.32 Å². The molecule has 9 nitrogen and oxygen atoms in total. The quantitative estimate of drug-likeness (QED) is 0.470. The van der Waals surface area contributed by atoms with Gasteiger partial charge in [0.25, 0.3) is 5.91 Å². The first-order valence-electron chi connectivity index (χ1n) is 10.7. The Morgan fingerprint density at radius 1 is 0.970 bits per heavy atom. The standard InChI is InChI=1S/C23H24ClN5O4/c24-16-8-10-17(11-9-16)25-23(33)27-26-21(31)15-5-4-12-28(14-15)19-13-20(30)29(22(19)32)18-6-2-1-3-7-18/h1-3,6-11,15,19H,4-5,12-14H2,(H,26,31)(H2,25,27,33).